The Morgan fingerprint density at radius 3 is 2.62 bits per heavy atom. The lowest BCUT2D eigenvalue weighted by Gasteiger charge is -2.38. The Hall–Kier alpha value is -1.75. The van der Waals surface area contributed by atoms with Crippen molar-refractivity contribution in [2.45, 2.75) is 25.8 Å². The molecule has 2 rings (SSSR count). The van der Waals surface area contributed by atoms with Gasteiger partial charge < -0.3 is 20.3 Å². The number of benzene rings is 1. The van der Waals surface area contributed by atoms with Crippen LogP contribution >= 0.6 is 0 Å². The number of piperidine rings is 1. The fourth-order valence-electron chi connectivity index (χ4n) is 2.98. The highest BCUT2D eigenvalue weighted by Crippen LogP contribution is 2.29. The van der Waals surface area contributed by atoms with Crippen LogP contribution in [-0.2, 0) is 0 Å². The van der Waals surface area contributed by atoms with Crippen molar-refractivity contribution < 1.29 is 4.74 Å². The number of nitrogens with two attached hydrogens (primary N) is 1. The van der Waals surface area contributed by atoms with Gasteiger partial charge in [-0.1, -0.05) is 6.92 Å². The van der Waals surface area contributed by atoms with Gasteiger partial charge in [-0.05, 0) is 31.5 Å². The number of rotatable bonds is 5. The third kappa shape index (κ3) is 3.47. The summed E-state index contributed by atoms with van der Waals surface area (Å²) in [6.07, 6.45) is 2.28. The van der Waals surface area contributed by atoms with E-state index in [0.717, 1.165) is 49.5 Å². The topological polar surface area (TPSA) is 65.6 Å². The van der Waals surface area contributed by atoms with E-state index in [0.29, 0.717) is 6.04 Å². The first-order valence-electron chi connectivity index (χ1n) is 7.54. The highest BCUT2D eigenvalue weighted by atomic mass is 16.5. The Labute approximate surface area is 127 Å². The Kier molecular flexibility index (Phi) is 5.07. The van der Waals surface area contributed by atoms with Crippen molar-refractivity contribution >= 4 is 11.5 Å². The van der Waals surface area contributed by atoms with Crippen LogP contribution in [0, 0.1) is 5.41 Å². The molecule has 0 atom stereocenters. The predicted octanol–water partition coefficient (Wildman–Crippen LogP) is 1.90. The van der Waals surface area contributed by atoms with E-state index in [-0.39, 0.29) is 5.84 Å². The number of amidine groups is 1. The molecule has 1 aliphatic heterocycles. The molecule has 116 valence electrons. The maximum atomic E-state index is 7.77. The van der Waals surface area contributed by atoms with Crippen LogP contribution < -0.4 is 15.4 Å². The van der Waals surface area contributed by atoms with Crippen LogP contribution in [-0.4, -0.2) is 50.6 Å². The lowest BCUT2D eigenvalue weighted by Crippen LogP contribution is -2.43. The summed E-state index contributed by atoms with van der Waals surface area (Å²) in [5, 5.41) is 7.77. The molecule has 5 nitrogen and oxygen atoms in total. The lowest BCUT2D eigenvalue weighted by atomic mass is 10.0. The van der Waals surface area contributed by atoms with Gasteiger partial charge in [-0.2, -0.15) is 0 Å². The molecule has 0 unspecified atom stereocenters. The number of methoxy groups -OCH3 is 1. The summed E-state index contributed by atoms with van der Waals surface area (Å²) in [4.78, 5) is 4.73. The Morgan fingerprint density at radius 1 is 1.43 bits per heavy atom. The summed E-state index contributed by atoms with van der Waals surface area (Å²) in [6.45, 7) is 5.59. The minimum atomic E-state index is 0.102. The maximum absolute atomic E-state index is 7.77. The van der Waals surface area contributed by atoms with E-state index in [1.807, 2.05) is 18.2 Å². The van der Waals surface area contributed by atoms with Crippen LogP contribution in [0.3, 0.4) is 0 Å². The minimum absolute atomic E-state index is 0.102. The van der Waals surface area contributed by atoms with Crippen molar-refractivity contribution in [3.05, 3.63) is 23.8 Å². The van der Waals surface area contributed by atoms with E-state index in [4.69, 9.17) is 15.9 Å². The smallest absolute Gasteiger partial charge is 0.124 e. The zero-order valence-electron chi connectivity index (χ0n) is 13.2. The van der Waals surface area contributed by atoms with Crippen LogP contribution in [0.2, 0.25) is 0 Å². The Balaban J connectivity index is 2.21. The molecular formula is C16H26N4O. The van der Waals surface area contributed by atoms with E-state index in [9.17, 15) is 0 Å². The highest BCUT2D eigenvalue weighted by molar-refractivity contribution is 6.00. The first-order valence-corrected chi connectivity index (χ1v) is 7.54. The van der Waals surface area contributed by atoms with Gasteiger partial charge in [0.25, 0.3) is 0 Å². The Bertz CT molecular complexity index is 495. The van der Waals surface area contributed by atoms with E-state index in [2.05, 4.69) is 23.8 Å². The van der Waals surface area contributed by atoms with Crippen LogP contribution in [0.25, 0.3) is 0 Å². The van der Waals surface area contributed by atoms with Crippen molar-refractivity contribution in [3.8, 4) is 5.75 Å². The quantitative estimate of drug-likeness (QED) is 0.642. The number of hydrogen-bond acceptors (Lipinski definition) is 4. The molecule has 1 saturated heterocycles. The number of ether oxygens (including phenoxy) is 1. The maximum Gasteiger partial charge on any atom is 0.124 e. The second-order valence-corrected chi connectivity index (χ2v) is 5.57. The van der Waals surface area contributed by atoms with Gasteiger partial charge >= 0.3 is 0 Å². The molecule has 1 aromatic carbocycles. The van der Waals surface area contributed by atoms with Gasteiger partial charge in [-0.15, -0.1) is 0 Å². The van der Waals surface area contributed by atoms with Crippen molar-refractivity contribution in [2.75, 3.05) is 38.7 Å². The van der Waals surface area contributed by atoms with Crippen molar-refractivity contribution in [1.82, 2.24) is 4.90 Å². The third-order valence-electron chi connectivity index (χ3n) is 4.43. The lowest BCUT2D eigenvalue weighted by molar-refractivity contribution is 0.221. The molecule has 1 fully saturated rings. The second kappa shape index (κ2) is 6.80. The number of likely N-dealkylation sites (tertiary alicyclic amines) is 1. The summed E-state index contributed by atoms with van der Waals surface area (Å²) in [5.74, 6) is 0.901. The van der Waals surface area contributed by atoms with E-state index in [1.54, 1.807) is 7.11 Å². The zero-order chi connectivity index (χ0) is 15.4. The molecule has 5 heteroatoms. The number of hydrogen-bond donors (Lipinski definition) is 2. The number of nitrogen functional groups attached to an aromatic ring is 1. The fourth-order valence-corrected chi connectivity index (χ4v) is 2.98. The largest absolute Gasteiger partial charge is 0.497 e. The van der Waals surface area contributed by atoms with Crippen LogP contribution in [0.4, 0.5) is 5.69 Å². The standard InChI is InChI=1S/C16H26N4O/c1-4-20-9-7-12(8-10-20)19(2)15-11-13(21-3)5-6-14(15)16(17)18/h5-6,11-12H,4,7-10H2,1-3H3,(H3,17,18). The molecular weight excluding hydrogens is 264 g/mol. The minimum Gasteiger partial charge on any atom is -0.497 e. The van der Waals surface area contributed by atoms with Crippen LogP contribution in [0.15, 0.2) is 18.2 Å². The van der Waals surface area contributed by atoms with E-state index >= 15 is 0 Å². The molecule has 1 heterocycles. The molecule has 1 aliphatic rings. The molecule has 0 radical (unpaired) electrons. The monoisotopic (exact) mass is 290 g/mol. The molecule has 21 heavy (non-hydrogen) atoms. The Morgan fingerprint density at radius 2 is 2.10 bits per heavy atom. The molecule has 3 N–H and O–H groups in total. The number of anilines is 1. The van der Waals surface area contributed by atoms with Gasteiger partial charge in [-0.25, -0.2) is 0 Å². The van der Waals surface area contributed by atoms with Crippen molar-refractivity contribution in [3.63, 3.8) is 0 Å². The normalized spacial score (nSPS) is 16.7. The molecule has 0 saturated carbocycles. The molecule has 0 amide bonds. The summed E-state index contributed by atoms with van der Waals surface area (Å²) in [6, 6.07) is 6.18. The molecule has 0 spiro atoms. The first kappa shape index (κ1) is 15.6. The SMILES string of the molecule is CCN1CCC(N(C)c2cc(OC)ccc2C(=N)N)CC1. The van der Waals surface area contributed by atoms with Crippen molar-refractivity contribution in [1.29, 1.82) is 5.41 Å². The van der Waals surface area contributed by atoms with Gasteiger partial charge in [0.05, 0.1) is 12.8 Å². The van der Waals surface area contributed by atoms with E-state index < -0.39 is 0 Å². The van der Waals surface area contributed by atoms with Crippen LogP contribution in [0.5, 0.6) is 5.75 Å². The number of nitrogens with zero attached hydrogens (tertiary/aromatic N) is 2. The van der Waals surface area contributed by atoms with E-state index in [1.165, 1.54) is 0 Å². The van der Waals surface area contributed by atoms with Crippen molar-refractivity contribution in [2.24, 2.45) is 5.73 Å². The van der Waals surface area contributed by atoms with Gasteiger partial charge in [-0.3, -0.25) is 5.41 Å². The number of nitrogens with one attached hydrogen (secondary N) is 1. The van der Waals surface area contributed by atoms with Gasteiger partial charge in [0, 0.05) is 37.8 Å². The fraction of sp³-hybridized carbons (Fsp3) is 0.562. The van der Waals surface area contributed by atoms with Gasteiger partial charge in [0.1, 0.15) is 11.6 Å². The summed E-state index contributed by atoms with van der Waals surface area (Å²) >= 11 is 0. The summed E-state index contributed by atoms with van der Waals surface area (Å²) in [7, 11) is 3.75. The third-order valence-corrected chi connectivity index (χ3v) is 4.43. The van der Waals surface area contributed by atoms with Gasteiger partial charge in [0.2, 0.25) is 0 Å². The highest BCUT2D eigenvalue weighted by Gasteiger charge is 2.24. The second-order valence-electron chi connectivity index (χ2n) is 5.57. The molecule has 0 aliphatic carbocycles. The average molecular weight is 290 g/mol. The first-order chi connectivity index (χ1) is 10.1. The predicted molar refractivity (Wildman–Crippen MR) is 87.5 cm³/mol. The molecule has 0 aromatic heterocycles. The average Bonchev–Trinajstić information content (AvgIpc) is 2.53. The van der Waals surface area contributed by atoms with Crippen LogP contribution in [0.1, 0.15) is 25.3 Å². The van der Waals surface area contributed by atoms with Gasteiger partial charge in [0.15, 0.2) is 0 Å². The summed E-state index contributed by atoms with van der Waals surface area (Å²) in [5.41, 5.74) is 7.48. The summed E-state index contributed by atoms with van der Waals surface area (Å²) < 4.78 is 5.32. The zero-order valence-corrected chi connectivity index (χ0v) is 13.2. The molecule has 0 bridgehead atoms. The molecule has 1 aromatic rings.